The molecule has 0 radical (unpaired) electrons. The Labute approximate surface area is 97.4 Å². The minimum atomic E-state index is 0.398. The van der Waals surface area contributed by atoms with E-state index in [1.807, 2.05) is 18.2 Å². The number of nitrogens with one attached hydrogen (secondary N) is 1. The molecule has 1 unspecified atom stereocenters. The third kappa shape index (κ3) is 2.47. The second kappa shape index (κ2) is 5.21. The number of benzene rings is 1. The lowest BCUT2D eigenvalue weighted by Crippen LogP contribution is -2.42. The van der Waals surface area contributed by atoms with Crippen LogP contribution < -0.4 is 10.1 Å². The van der Waals surface area contributed by atoms with Crippen molar-refractivity contribution in [2.24, 2.45) is 0 Å². The summed E-state index contributed by atoms with van der Waals surface area (Å²) in [5.41, 5.74) is 1.12. The van der Waals surface area contributed by atoms with E-state index in [0.29, 0.717) is 6.04 Å². The Morgan fingerprint density at radius 1 is 1.31 bits per heavy atom. The van der Waals surface area contributed by atoms with E-state index in [1.165, 1.54) is 0 Å². The lowest BCUT2D eigenvalue weighted by atomic mass is 10.2. The Hall–Kier alpha value is -1.22. The molecule has 3 heteroatoms. The molecule has 0 spiro atoms. The van der Waals surface area contributed by atoms with Gasteiger partial charge in [0.1, 0.15) is 12.4 Å². The van der Waals surface area contributed by atoms with Crippen molar-refractivity contribution in [3.05, 3.63) is 24.3 Å². The smallest absolute Gasteiger partial charge is 0.142 e. The van der Waals surface area contributed by atoms with Gasteiger partial charge in [-0.25, -0.2) is 0 Å². The summed E-state index contributed by atoms with van der Waals surface area (Å²) in [6, 6.07) is 8.52. The third-order valence-corrected chi connectivity index (χ3v) is 3.06. The minimum absolute atomic E-state index is 0.398. The van der Waals surface area contributed by atoms with E-state index in [2.05, 4.69) is 30.1 Å². The van der Waals surface area contributed by atoms with Crippen molar-refractivity contribution < 1.29 is 4.74 Å². The predicted molar refractivity (Wildman–Crippen MR) is 67.1 cm³/mol. The van der Waals surface area contributed by atoms with Gasteiger partial charge in [-0.05, 0) is 25.2 Å². The van der Waals surface area contributed by atoms with Crippen LogP contribution in [0.25, 0.3) is 0 Å². The SMILES string of the molecule is CCN(CC)CC1COc2ccccc2N1. The van der Waals surface area contributed by atoms with E-state index >= 15 is 0 Å². The number of fused-ring (bicyclic) bond motifs is 1. The molecule has 1 heterocycles. The Balaban J connectivity index is 1.97. The molecule has 1 aromatic rings. The molecule has 88 valence electrons. The monoisotopic (exact) mass is 220 g/mol. The summed E-state index contributed by atoms with van der Waals surface area (Å²) >= 11 is 0. The van der Waals surface area contributed by atoms with E-state index < -0.39 is 0 Å². The average molecular weight is 220 g/mol. The zero-order valence-corrected chi connectivity index (χ0v) is 10.1. The fourth-order valence-corrected chi connectivity index (χ4v) is 2.06. The standard InChI is InChI=1S/C13H20N2O/c1-3-15(4-2)9-11-10-16-13-8-6-5-7-12(13)14-11/h5-8,11,14H,3-4,9-10H2,1-2H3. The minimum Gasteiger partial charge on any atom is -0.489 e. The van der Waals surface area contributed by atoms with Crippen LogP contribution in [0.1, 0.15) is 13.8 Å². The van der Waals surface area contributed by atoms with Crippen LogP contribution in [0.3, 0.4) is 0 Å². The molecule has 0 amide bonds. The van der Waals surface area contributed by atoms with Crippen LogP contribution in [0.15, 0.2) is 24.3 Å². The summed E-state index contributed by atoms with van der Waals surface area (Å²) in [7, 11) is 0. The molecule has 1 N–H and O–H groups in total. The van der Waals surface area contributed by atoms with E-state index in [9.17, 15) is 0 Å². The van der Waals surface area contributed by atoms with Gasteiger partial charge in [-0.1, -0.05) is 26.0 Å². The first-order valence-corrected chi connectivity index (χ1v) is 6.04. The first-order chi connectivity index (χ1) is 7.83. The lowest BCUT2D eigenvalue weighted by molar-refractivity contribution is 0.225. The molecule has 3 nitrogen and oxygen atoms in total. The van der Waals surface area contributed by atoms with Crippen molar-refractivity contribution in [2.45, 2.75) is 19.9 Å². The maximum Gasteiger partial charge on any atom is 0.142 e. The molecule has 0 saturated carbocycles. The second-order valence-corrected chi connectivity index (χ2v) is 4.13. The number of para-hydroxylation sites is 2. The van der Waals surface area contributed by atoms with Crippen LogP contribution in [-0.2, 0) is 0 Å². The van der Waals surface area contributed by atoms with Gasteiger partial charge in [0.05, 0.1) is 11.7 Å². The molecule has 0 aliphatic carbocycles. The number of ether oxygens (including phenoxy) is 1. The molecular formula is C13H20N2O. The molecule has 1 aliphatic rings. The maximum absolute atomic E-state index is 5.74. The van der Waals surface area contributed by atoms with Crippen molar-refractivity contribution in [1.29, 1.82) is 0 Å². The molecule has 0 fully saturated rings. The van der Waals surface area contributed by atoms with Gasteiger partial charge in [0.2, 0.25) is 0 Å². The van der Waals surface area contributed by atoms with Crippen LogP contribution in [0, 0.1) is 0 Å². The van der Waals surface area contributed by atoms with Crippen molar-refractivity contribution in [3.8, 4) is 5.75 Å². The van der Waals surface area contributed by atoms with Crippen molar-refractivity contribution in [1.82, 2.24) is 4.90 Å². The van der Waals surface area contributed by atoms with Gasteiger partial charge < -0.3 is 15.0 Å². The number of hydrogen-bond acceptors (Lipinski definition) is 3. The highest BCUT2D eigenvalue weighted by atomic mass is 16.5. The van der Waals surface area contributed by atoms with Crippen LogP contribution >= 0.6 is 0 Å². The maximum atomic E-state index is 5.74. The van der Waals surface area contributed by atoms with E-state index in [-0.39, 0.29) is 0 Å². The molecule has 0 saturated heterocycles. The highest BCUT2D eigenvalue weighted by Gasteiger charge is 2.19. The molecule has 16 heavy (non-hydrogen) atoms. The number of nitrogens with zero attached hydrogens (tertiary/aromatic N) is 1. The second-order valence-electron chi connectivity index (χ2n) is 4.13. The Bertz CT molecular complexity index is 336. The average Bonchev–Trinajstić information content (AvgIpc) is 2.35. The Morgan fingerprint density at radius 3 is 2.81 bits per heavy atom. The quantitative estimate of drug-likeness (QED) is 0.842. The molecule has 0 aromatic heterocycles. The summed E-state index contributed by atoms with van der Waals surface area (Å²) in [6.45, 7) is 8.38. The summed E-state index contributed by atoms with van der Waals surface area (Å²) in [6.07, 6.45) is 0. The van der Waals surface area contributed by atoms with Crippen LogP contribution in [0.2, 0.25) is 0 Å². The van der Waals surface area contributed by atoms with Crippen molar-refractivity contribution in [3.63, 3.8) is 0 Å². The molecule has 1 atom stereocenters. The van der Waals surface area contributed by atoms with E-state index in [4.69, 9.17) is 4.74 Å². The highest BCUT2D eigenvalue weighted by molar-refractivity contribution is 5.58. The molecular weight excluding hydrogens is 200 g/mol. The first-order valence-electron chi connectivity index (χ1n) is 6.04. The van der Waals surface area contributed by atoms with Crippen LogP contribution in [0.4, 0.5) is 5.69 Å². The van der Waals surface area contributed by atoms with Gasteiger partial charge in [-0.2, -0.15) is 0 Å². The van der Waals surface area contributed by atoms with Gasteiger partial charge in [0.15, 0.2) is 0 Å². The van der Waals surface area contributed by atoms with Gasteiger partial charge in [0.25, 0.3) is 0 Å². The lowest BCUT2D eigenvalue weighted by Gasteiger charge is -2.31. The fourth-order valence-electron chi connectivity index (χ4n) is 2.06. The number of anilines is 1. The fraction of sp³-hybridized carbons (Fsp3) is 0.538. The highest BCUT2D eigenvalue weighted by Crippen LogP contribution is 2.28. The first kappa shape index (κ1) is 11.3. The predicted octanol–water partition coefficient (Wildman–Crippen LogP) is 2.20. The summed E-state index contributed by atoms with van der Waals surface area (Å²) < 4.78 is 5.74. The summed E-state index contributed by atoms with van der Waals surface area (Å²) in [5.74, 6) is 0.971. The van der Waals surface area contributed by atoms with Gasteiger partial charge in [0, 0.05) is 6.54 Å². The third-order valence-electron chi connectivity index (χ3n) is 3.06. The molecule has 1 aliphatic heterocycles. The molecule has 0 bridgehead atoms. The zero-order valence-electron chi connectivity index (χ0n) is 10.1. The molecule has 1 aromatic carbocycles. The normalized spacial score (nSPS) is 18.8. The topological polar surface area (TPSA) is 24.5 Å². The Kier molecular flexibility index (Phi) is 3.67. The van der Waals surface area contributed by atoms with Gasteiger partial charge >= 0.3 is 0 Å². The summed E-state index contributed by atoms with van der Waals surface area (Å²) in [4.78, 5) is 2.41. The number of hydrogen-bond donors (Lipinski definition) is 1. The van der Waals surface area contributed by atoms with Gasteiger partial charge in [-0.15, -0.1) is 0 Å². The van der Waals surface area contributed by atoms with E-state index in [0.717, 1.165) is 37.7 Å². The van der Waals surface area contributed by atoms with E-state index in [1.54, 1.807) is 0 Å². The molecule has 2 rings (SSSR count). The van der Waals surface area contributed by atoms with Crippen molar-refractivity contribution >= 4 is 5.69 Å². The Morgan fingerprint density at radius 2 is 2.06 bits per heavy atom. The number of likely N-dealkylation sites (N-methyl/N-ethyl adjacent to an activating group) is 1. The van der Waals surface area contributed by atoms with Crippen LogP contribution in [0.5, 0.6) is 5.75 Å². The largest absolute Gasteiger partial charge is 0.489 e. The van der Waals surface area contributed by atoms with Crippen molar-refractivity contribution in [2.75, 3.05) is 31.6 Å². The summed E-state index contributed by atoms with van der Waals surface area (Å²) in [5, 5.41) is 3.53. The van der Waals surface area contributed by atoms with Crippen LogP contribution in [-0.4, -0.2) is 37.2 Å². The zero-order chi connectivity index (χ0) is 11.4. The van der Waals surface area contributed by atoms with Gasteiger partial charge in [-0.3, -0.25) is 0 Å². The number of rotatable bonds is 4.